The molecule has 1 aromatic heterocycles. The normalized spacial score (nSPS) is 21.2. The van der Waals surface area contributed by atoms with Crippen molar-refractivity contribution in [2.75, 3.05) is 19.8 Å². The summed E-state index contributed by atoms with van der Waals surface area (Å²) in [6.45, 7) is 6.78. The van der Waals surface area contributed by atoms with Crippen molar-refractivity contribution >= 4 is 0 Å². The zero-order valence-electron chi connectivity index (χ0n) is 12.0. The molecule has 1 aromatic rings. The Hall–Kier alpha value is -0.940. The van der Waals surface area contributed by atoms with Crippen LogP contribution in [0.25, 0.3) is 0 Å². The van der Waals surface area contributed by atoms with Crippen LogP contribution < -0.4 is 5.73 Å². The lowest BCUT2D eigenvalue weighted by Crippen LogP contribution is -2.19. The van der Waals surface area contributed by atoms with Crippen molar-refractivity contribution in [1.82, 2.24) is 10.1 Å². The largest absolute Gasteiger partial charge is 0.381 e. The Morgan fingerprint density at radius 3 is 2.89 bits per heavy atom. The summed E-state index contributed by atoms with van der Waals surface area (Å²) < 4.78 is 10.7. The Morgan fingerprint density at radius 2 is 2.26 bits per heavy atom. The van der Waals surface area contributed by atoms with Crippen molar-refractivity contribution in [3.63, 3.8) is 0 Å². The van der Waals surface area contributed by atoms with Crippen LogP contribution in [0.15, 0.2) is 4.52 Å². The van der Waals surface area contributed by atoms with Crippen molar-refractivity contribution in [2.45, 2.75) is 39.5 Å². The van der Waals surface area contributed by atoms with E-state index in [0.717, 1.165) is 50.6 Å². The first kappa shape index (κ1) is 14.5. The number of ether oxygens (including phenoxy) is 1. The number of rotatable bonds is 7. The Balaban J connectivity index is 1.85. The second-order valence-corrected chi connectivity index (χ2v) is 5.97. The van der Waals surface area contributed by atoms with Crippen molar-refractivity contribution in [1.29, 1.82) is 0 Å². The van der Waals surface area contributed by atoms with Gasteiger partial charge in [-0.05, 0) is 37.1 Å². The van der Waals surface area contributed by atoms with Gasteiger partial charge < -0.3 is 15.0 Å². The molecule has 0 amide bonds. The first-order valence-electron chi connectivity index (χ1n) is 7.26. The van der Waals surface area contributed by atoms with E-state index in [9.17, 15) is 0 Å². The Morgan fingerprint density at radius 1 is 1.42 bits per heavy atom. The molecule has 0 aromatic carbocycles. The van der Waals surface area contributed by atoms with E-state index in [1.165, 1.54) is 0 Å². The summed E-state index contributed by atoms with van der Waals surface area (Å²) in [5.41, 5.74) is 5.80. The standard InChI is InChI=1S/C14H25N3O2/c1-10(2)5-12(8-15)7-14-16-13(17-19-14)6-11-3-4-18-9-11/h10-12H,3-9,15H2,1-2H3. The highest BCUT2D eigenvalue weighted by molar-refractivity contribution is 4.91. The van der Waals surface area contributed by atoms with Crippen LogP contribution in [0.4, 0.5) is 0 Å². The highest BCUT2D eigenvalue weighted by Crippen LogP contribution is 2.18. The molecule has 2 atom stereocenters. The molecular formula is C14H25N3O2. The predicted molar refractivity (Wildman–Crippen MR) is 72.6 cm³/mol. The maximum atomic E-state index is 5.80. The Bertz CT molecular complexity index is 373. The van der Waals surface area contributed by atoms with E-state index in [2.05, 4.69) is 24.0 Å². The zero-order chi connectivity index (χ0) is 13.7. The average Bonchev–Trinajstić information content (AvgIpc) is 3.00. The molecule has 1 aliphatic rings. The summed E-state index contributed by atoms with van der Waals surface area (Å²) in [5, 5.41) is 4.06. The van der Waals surface area contributed by atoms with E-state index in [4.69, 9.17) is 15.0 Å². The monoisotopic (exact) mass is 267 g/mol. The molecule has 19 heavy (non-hydrogen) atoms. The summed E-state index contributed by atoms with van der Waals surface area (Å²) in [7, 11) is 0. The molecule has 5 heteroatoms. The molecular weight excluding hydrogens is 242 g/mol. The number of nitrogens with zero attached hydrogens (tertiary/aromatic N) is 2. The molecule has 2 heterocycles. The maximum Gasteiger partial charge on any atom is 0.226 e. The SMILES string of the molecule is CC(C)CC(CN)Cc1nc(CC2CCOC2)no1. The molecule has 1 fully saturated rings. The summed E-state index contributed by atoms with van der Waals surface area (Å²) in [6, 6.07) is 0. The quantitative estimate of drug-likeness (QED) is 0.815. The van der Waals surface area contributed by atoms with Crippen molar-refractivity contribution in [3.05, 3.63) is 11.7 Å². The van der Waals surface area contributed by atoms with Gasteiger partial charge in [0.2, 0.25) is 5.89 Å². The van der Waals surface area contributed by atoms with Crippen LogP contribution in [0.3, 0.4) is 0 Å². The number of hydrogen-bond acceptors (Lipinski definition) is 5. The predicted octanol–water partition coefficient (Wildman–Crippen LogP) is 1.81. The van der Waals surface area contributed by atoms with Gasteiger partial charge in [-0.3, -0.25) is 0 Å². The van der Waals surface area contributed by atoms with Gasteiger partial charge in [-0.25, -0.2) is 0 Å². The smallest absolute Gasteiger partial charge is 0.226 e. The molecule has 0 bridgehead atoms. The third-order valence-corrected chi connectivity index (χ3v) is 3.61. The molecule has 0 aliphatic carbocycles. The first-order chi connectivity index (χ1) is 9.17. The van der Waals surface area contributed by atoms with Crippen molar-refractivity contribution in [3.8, 4) is 0 Å². The van der Waals surface area contributed by atoms with Gasteiger partial charge in [0, 0.05) is 26.1 Å². The van der Waals surface area contributed by atoms with Crippen LogP contribution in [0.5, 0.6) is 0 Å². The summed E-state index contributed by atoms with van der Waals surface area (Å²) in [6.07, 6.45) is 3.86. The maximum absolute atomic E-state index is 5.80. The number of nitrogens with two attached hydrogens (primary N) is 1. The van der Waals surface area contributed by atoms with Gasteiger partial charge in [0.15, 0.2) is 5.82 Å². The molecule has 1 aliphatic heterocycles. The van der Waals surface area contributed by atoms with Gasteiger partial charge in [-0.2, -0.15) is 4.98 Å². The highest BCUT2D eigenvalue weighted by Gasteiger charge is 2.20. The van der Waals surface area contributed by atoms with Crippen LogP contribution in [0.1, 0.15) is 38.4 Å². The van der Waals surface area contributed by atoms with E-state index in [0.29, 0.717) is 24.3 Å². The van der Waals surface area contributed by atoms with Crippen LogP contribution in [-0.2, 0) is 17.6 Å². The fourth-order valence-electron chi connectivity index (χ4n) is 2.63. The second-order valence-electron chi connectivity index (χ2n) is 5.97. The second kappa shape index (κ2) is 7.01. The van der Waals surface area contributed by atoms with Crippen molar-refractivity contribution < 1.29 is 9.26 Å². The van der Waals surface area contributed by atoms with E-state index >= 15 is 0 Å². The molecule has 2 unspecified atom stereocenters. The molecule has 2 N–H and O–H groups in total. The van der Waals surface area contributed by atoms with Gasteiger partial charge in [0.25, 0.3) is 0 Å². The lowest BCUT2D eigenvalue weighted by Gasteiger charge is -2.14. The molecule has 108 valence electrons. The van der Waals surface area contributed by atoms with E-state index < -0.39 is 0 Å². The average molecular weight is 267 g/mol. The summed E-state index contributed by atoms with van der Waals surface area (Å²) >= 11 is 0. The Labute approximate surface area is 114 Å². The van der Waals surface area contributed by atoms with E-state index in [1.807, 2.05) is 0 Å². The van der Waals surface area contributed by atoms with Crippen LogP contribution in [0.2, 0.25) is 0 Å². The van der Waals surface area contributed by atoms with Gasteiger partial charge in [0.1, 0.15) is 0 Å². The van der Waals surface area contributed by atoms with E-state index in [1.54, 1.807) is 0 Å². The number of aromatic nitrogens is 2. The molecule has 1 saturated heterocycles. The van der Waals surface area contributed by atoms with E-state index in [-0.39, 0.29) is 0 Å². The fourth-order valence-corrected chi connectivity index (χ4v) is 2.63. The fraction of sp³-hybridized carbons (Fsp3) is 0.857. The zero-order valence-corrected chi connectivity index (χ0v) is 12.0. The lowest BCUT2D eigenvalue weighted by molar-refractivity contribution is 0.185. The number of hydrogen-bond donors (Lipinski definition) is 1. The van der Waals surface area contributed by atoms with Gasteiger partial charge in [-0.15, -0.1) is 0 Å². The molecule has 0 saturated carbocycles. The highest BCUT2D eigenvalue weighted by atomic mass is 16.5. The van der Waals surface area contributed by atoms with Gasteiger partial charge >= 0.3 is 0 Å². The topological polar surface area (TPSA) is 74.2 Å². The minimum atomic E-state index is 0.433. The third-order valence-electron chi connectivity index (χ3n) is 3.61. The summed E-state index contributed by atoms with van der Waals surface area (Å²) in [4.78, 5) is 4.48. The minimum absolute atomic E-state index is 0.433. The molecule has 0 spiro atoms. The van der Waals surface area contributed by atoms with Crippen LogP contribution >= 0.6 is 0 Å². The minimum Gasteiger partial charge on any atom is -0.381 e. The lowest BCUT2D eigenvalue weighted by atomic mass is 9.94. The van der Waals surface area contributed by atoms with Gasteiger partial charge in [0.05, 0.1) is 0 Å². The van der Waals surface area contributed by atoms with Gasteiger partial charge in [-0.1, -0.05) is 19.0 Å². The molecule has 0 radical (unpaired) electrons. The Kier molecular flexibility index (Phi) is 5.34. The van der Waals surface area contributed by atoms with Crippen molar-refractivity contribution in [2.24, 2.45) is 23.5 Å². The first-order valence-corrected chi connectivity index (χ1v) is 7.26. The van der Waals surface area contributed by atoms with Crippen LogP contribution in [0, 0.1) is 17.8 Å². The molecule has 5 nitrogen and oxygen atoms in total. The third kappa shape index (κ3) is 4.58. The van der Waals surface area contributed by atoms with Crippen LogP contribution in [-0.4, -0.2) is 29.9 Å². The summed E-state index contributed by atoms with van der Waals surface area (Å²) in [5.74, 6) is 3.16. The molecule has 2 rings (SSSR count).